The summed E-state index contributed by atoms with van der Waals surface area (Å²) in [4.78, 5) is 17.7. The molecule has 1 N–H and O–H groups in total. The van der Waals surface area contributed by atoms with Gasteiger partial charge in [0.2, 0.25) is 5.88 Å². The van der Waals surface area contributed by atoms with Crippen molar-refractivity contribution >= 4 is 11.8 Å². The van der Waals surface area contributed by atoms with E-state index in [1.54, 1.807) is 24.4 Å². The summed E-state index contributed by atoms with van der Waals surface area (Å²) in [5.74, 6) is 0.0242. The Morgan fingerprint density at radius 2 is 1.86 bits per heavy atom. The Morgan fingerprint density at radius 3 is 2.57 bits per heavy atom. The first-order valence-corrected chi connectivity index (χ1v) is 9.02. The highest BCUT2D eigenvalue weighted by atomic mass is 19.1. The SMILES string of the molecule is O=C(O)N1c2cc(Cc3ccc(F)cc3)cnc2OCC1Cc1ccccc1. The number of fused-ring (bicyclic) bond motifs is 1. The maximum absolute atomic E-state index is 13.1. The van der Waals surface area contributed by atoms with Crippen LogP contribution in [0.2, 0.25) is 0 Å². The van der Waals surface area contributed by atoms with Crippen LogP contribution >= 0.6 is 0 Å². The first-order valence-electron chi connectivity index (χ1n) is 9.02. The van der Waals surface area contributed by atoms with Crippen molar-refractivity contribution in [2.75, 3.05) is 11.5 Å². The molecule has 1 aliphatic heterocycles. The van der Waals surface area contributed by atoms with Crippen LogP contribution in [0.3, 0.4) is 0 Å². The molecule has 1 unspecified atom stereocenters. The molecule has 0 radical (unpaired) electrons. The van der Waals surface area contributed by atoms with Crippen LogP contribution in [-0.2, 0) is 12.8 Å². The summed E-state index contributed by atoms with van der Waals surface area (Å²) in [6.07, 6.45) is 1.71. The molecule has 0 spiro atoms. The van der Waals surface area contributed by atoms with Gasteiger partial charge in [-0.3, -0.25) is 4.90 Å². The van der Waals surface area contributed by atoms with E-state index in [2.05, 4.69) is 4.98 Å². The number of benzene rings is 2. The summed E-state index contributed by atoms with van der Waals surface area (Å²) in [5, 5.41) is 9.85. The van der Waals surface area contributed by atoms with Gasteiger partial charge in [0.15, 0.2) is 0 Å². The predicted molar refractivity (Wildman–Crippen MR) is 103 cm³/mol. The number of nitrogens with zero attached hydrogens (tertiary/aromatic N) is 2. The molecule has 0 saturated carbocycles. The van der Waals surface area contributed by atoms with Gasteiger partial charge in [0, 0.05) is 6.20 Å². The number of pyridine rings is 1. The lowest BCUT2D eigenvalue weighted by atomic mass is 10.0. The summed E-state index contributed by atoms with van der Waals surface area (Å²) >= 11 is 0. The minimum atomic E-state index is -1.04. The quantitative estimate of drug-likeness (QED) is 0.735. The number of anilines is 1. The lowest BCUT2D eigenvalue weighted by Gasteiger charge is -2.34. The van der Waals surface area contributed by atoms with E-state index in [-0.39, 0.29) is 18.5 Å². The molecule has 1 amide bonds. The largest absolute Gasteiger partial charge is 0.474 e. The van der Waals surface area contributed by atoms with Gasteiger partial charge >= 0.3 is 6.09 Å². The van der Waals surface area contributed by atoms with Gasteiger partial charge in [-0.1, -0.05) is 42.5 Å². The van der Waals surface area contributed by atoms with Gasteiger partial charge in [0.05, 0.1) is 6.04 Å². The van der Waals surface area contributed by atoms with E-state index in [1.807, 2.05) is 30.3 Å². The number of hydrogen-bond acceptors (Lipinski definition) is 3. The van der Waals surface area contributed by atoms with E-state index < -0.39 is 6.09 Å². The van der Waals surface area contributed by atoms with Crippen molar-refractivity contribution in [3.05, 3.63) is 89.4 Å². The normalized spacial score (nSPS) is 15.6. The fourth-order valence-corrected chi connectivity index (χ4v) is 3.44. The van der Waals surface area contributed by atoms with E-state index in [1.165, 1.54) is 17.0 Å². The molecule has 1 aromatic heterocycles. The van der Waals surface area contributed by atoms with Crippen molar-refractivity contribution in [3.8, 4) is 5.88 Å². The molecule has 0 fully saturated rings. The van der Waals surface area contributed by atoms with Gasteiger partial charge in [-0.25, -0.2) is 14.2 Å². The predicted octanol–water partition coefficient (Wildman–Crippen LogP) is 4.30. The molecule has 4 rings (SSSR count). The average molecular weight is 378 g/mol. The van der Waals surface area contributed by atoms with Crippen LogP contribution < -0.4 is 9.64 Å². The highest BCUT2D eigenvalue weighted by Gasteiger charge is 2.33. The lowest BCUT2D eigenvalue weighted by molar-refractivity contribution is 0.186. The molecular formula is C22H19FN2O3. The third-order valence-corrected chi connectivity index (χ3v) is 4.77. The third-order valence-electron chi connectivity index (χ3n) is 4.77. The third kappa shape index (κ3) is 3.81. The molecule has 1 atom stereocenters. The maximum Gasteiger partial charge on any atom is 0.412 e. The summed E-state index contributed by atoms with van der Waals surface area (Å²) in [5.41, 5.74) is 3.24. The number of aromatic nitrogens is 1. The summed E-state index contributed by atoms with van der Waals surface area (Å²) in [6, 6.07) is 17.4. The Bertz CT molecular complexity index is 977. The van der Waals surface area contributed by atoms with Crippen molar-refractivity contribution < 1.29 is 19.0 Å². The van der Waals surface area contributed by atoms with Gasteiger partial charge in [0.1, 0.15) is 18.1 Å². The van der Waals surface area contributed by atoms with E-state index in [4.69, 9.17) is 4.74 Å². The van der Waals surface area contributed by atoms with Crippen LogP contribution in [-0.4, -0.2) is 28.8 Å². The summed E-state index contributed by atoms with van der Waals surface area (Å²) in [6.45, 7) is 0.249. The monoisotopic (exact) mass is 378 g/mol. The minimum Gasteiger partial charge on any atom is -0.474 e. The topological polar surface area (TPSA) is 62.7 Å². The fourth-order valence-electron chi connectivity index (χ4n) is 3.44. The standard InChI is InChI=1S/C22H19FN2O3/c23-18-8-6-16(7-9-18)10-17-12-20-21(24-13-17)28-14-19(25(20)22(26)27)11-15-4-2-1-3-5-15/h1-9,12-13,19H,10-11,14H2,(H,26,27). The van der Waals surface area contributed by atoms with Crippen LogP contribution in [0.4, 0.5) is 14.9 Å². The van der Waals surface area contributed by atoms with Crippen LogP contribution in [0, 0.1) is 5.82 Å². The fraction of sp³-hybridized carbons (Fsp3) is 0.182. The number of carboxylic acid groups (broad SMARTS) is 1. The Hall–Kier alpha value is -3.41. The highest BCUT2D eigenvalue weighted by Crippen LogP contribution is 2.34. The van der Waals surface area contributed by atoms with E-state index >= 15 is 0 Å². The number of ether oxygens (including phenoxy) is 1. The van der Waals surface area contributed by atoms with E-state index in [0.29, 0.717) is 24.4 Å². The van der Waals surface area contributed by atoms with Gasteiger partial charge < -0.3 is 9.84 Å². The molecule has 5 nitrogen and oxygen atoms in total. The van der Waals surface area contributed by atoms with Crippen molar-refractivity contribution in [1.29, 1.82) is 0 Å². The zero-order valence-corrected chi connectivity index (χ0v) is 15.1. The zero-order chi connectivity index (χ0) is 19.5. The minimum absolute atomic E-state index is 0.249. The number of hydrogen-bond donors (Lipinski definition) is 1. The maximum atomic E-state index is 13.1. The van der Waals surface area contributed by atoms with Crippen molar-refractivity contribution in [2.24, 2.45) is 0 Å². The Labute approximate surface area is 162 Å². The second kappa shape index (κ2) is 7.68. The number of amides is 1. The smallest absolute Gasteiger partial charge is 0.412 e. The van der Waals surface area contributed by atoms with E-state index in [9.17, 15) is 14.3 Å². The van der Waals surface area contributed by atoms with Crippen LogP contribution in [0.1, 0.15) is 16.7 Å². The number of rotatable bonds is 4. The molecule has 6 heteroatoms. The van der Waals surface area contributed by atoms with Crippen molar-refractivity contribution in [1.82, 2.24) is 4.98 Å². The Kier molecular flexibility index (Phi) is 4.93. The van der Waals surface area contributed by atoms with Gasteiger partial charge in [-0.05, 0) is 47.7 Å². The molecular weight excluding hydrogens is 359 g/mol. The molecule has 0 saturated heterocycles. The Balaban J connectivity index is 1.62. The first-order chi connectivity index (χ1) is 13.6. The Morgan fingerprint density at radius 1 is 1.11 bits per heavy atom. The zero-order valence-electron chi connectivity index (χ0n) is 15.1. The molecule has 1 aliphatic rings. The number of carbonyl (C=O) groups is 1. The van der Waals surface area contributed by atoms with Crippen molar-refractivity contribution in [2.45, 2.75) is 18.9 Å². The first kappa shape index (κ1) is 18.0. The van der Waals surface area contributed by atoms with Gasteiger partial charge in [-0.2, -0.15) is 0 Å². The lowest BCUT2D eigenvalue weighted by Crippen LogP contribution is -2.47. The van der Waals surface area contributed by atoms with Crippen molar-refractivity contribution in [3.63, 3.8) is 0 Å². The van der Waals surface area contributed by atoms with Gasteiger partial charge in [-0.15, -0.1) is 0 Å². The highest BCUT2D eigenvalue weighted by molar-refractivity contribution is 5.89. The van der Waals surface area contributed by atoms with Crippen LogP contribution in [0.5, 0.6) is 5.88 Å². The summed E-state index contributed by atoms with van der Waals surface area (Å²) in [7, 11) is 0. The second-order valence-electron chi connectivity index (χ2n) is 6.78. The molecule has 0 bridgehead atoms. The van der Waals surface area contributed by atoms with Crippen LogP contribution in [0.15, 0.2) is 66.9 Å². The van der Waals surface area contributed by atoms with Crippen LogP contribution in [0.25, 0.3) is 0 Å². The molecule has 28 heavy (non-hydrogen) atoms. The molecule has 142 valence electrons. The second-order valence-corrected chi connectivity index (χ2v) is 6.78. The molecule has 2 aromatic carbocycles. The number of halogens is 1. The summed E-state index contributed by atoms with van der Waals surface area (Å²) < 4.78 is 18.9. The molecule has 0 aliphatic carbocycles. The van der Waals surface area contributed by atoms with Gasteiger partial charge in [0.25, 0.3) is 0 Å². The molecule has 2 heterocycles. The van der Waals surface area contributed by atoms with E-state index in [0.717, 1.165) is 16.7 Å². The molecule has 3 aromatic rings. The average Bonchev–Trinajstić information content (AvgIpc) is 2.70.